The summed E-state index contributed by atoms with van der Waals surface area (Å²) >= 11 is 0. The Labute approximate surface area is 129 Å². The van der Waals surface area contributed by atoms with E-state index in [0.29, 0.717) is 11.6 Å². The van der Waals surface area contributed by atoms with Crippen molar-refractivity contribution < 1.29 is 4.74 Å². The Balaban J connectivity index is 1.33. The number of hydrogen-bond donors (Lipinski definition) is 1. The van der Waals surface area contributed by atoms with Crippen LogP contribution in [0.1, 0.15) is 64.2 Å². The molecule has 120 valence electrons. The van der Waals surface area contributed by atoms with Gasteiger partial charge in [-0.1, -0.05) is 12.8 Å². The third kappa shape index (κ3) is 3.16. The molecule has 0 radical (unpaired) electrons. The molecule has 0 amide bonds. The third-order valence-electron chi connectivity index (χ3n) is 6.48. The predicted octanol–water partition coefficient (Wildman–Crippen LogP) is 2.94. The van der Waals surface area contributed by atoms with E-state index in [-0.39, 0.29) is 0 Å². The van der Waals surface area contributed by atoms with Crippen LogP contribution in [-0.2, 0) is 4.74 Å². The average molecular weight is 292 g/mol. The van der Waals surface area contributed by atoms with E-state index in [0.717, 1.165) is 18.6 Å². The number of ether oxygens (including phenoxy) is 1. The molecule has 0 aromatic rings. The monoisotopic (exact) mass is 292 g/mol. The summed E-state index contributed by atoms with van der Waals surface area (Å²) in [6.07, 6.45) is 14.5. The predicted molar refractivity (Wildman–Crippen MR) is 85.5 cm³/mol. The second-order valence-electron chi connectivity index (χ2n) is 7.98. The molecule has 21 heavy (non-hydrogen) atoms. The van der Waals surface area contributed by atoms with Crippen molar-refractivity contribution in [3.63, 3.8) is 0 Å². The highest BCUT2D eigenvalue weighted by Crippen LogP contribution is 2.41. The summed E-state index contributed by atoms with van der Waals surface area (Å²) in [5.41, 5.74) is 0.516. The van der Waals surface area contributed by atoms with E-state index in [9.17, 15) is 0 Å². The zero-order chi connectivity index (χ0) is 14.1. The standard InChI is InChI=1S/C18H32N2O/c1-2-10-18(9-1)14-19-17(15-7-8-15)13-20(18)11-3-5-16-6-4-12-21-16/h15-17,19H,1-14H2. The minimum Gasteiger partial charge on any atom is -0.378 e. The summed E-state index contributed by atoms with van der Waals surface area (Å²) in [5, 5.41) is 3.91. The highest BCUT2D eigenvalue weighted by atomic mass is 16.5. The van der Waals surface area contributed by atoms with E-state index >= 15 is 0 Å². The minimum absolute atomic E-state index is 0.516. The van der Waals surface area contributed by atoms with E-state index in [4.69, 9.17) is 4.74 Å². The maximum absolute atomic E-state index is 5.80. The van der Waals surface area contributed by atoms with Crippen molar-refractivity contribution in [3.05, 3.63) is 0 Å². The molecule has 2 aliphatic carbocycles. The fourth-order valence-corrected chi connectivity index (χ4v) is 4.98. The molecule has 0 bridgehead atoms. The molecule has 4 aliphatic rings. The van der Waals surface area contributed by atoms with E-state index < -0.39 is 0 Å². The largest absolute Gasteiger partial charge is 0.378 e. The van der Waals surface area contributed by atoms with Gasteiger partial charge in [-0.3, -0.25) is 4.90 Å². The van der Waals surface area contributed by atoms with Gasteiger partial charge in [-0.2, -0.15) is 0 Å². The van der Waals surface area contributed by atoms with Crippen LogP contribution < -0.4 is 5.32 Å². The van der Waals surface area contributed by atoms with Gasteiger partial charge in [-0.15, -0.1) is 0 Å². The van der Waals surface area contributed by atoms with Crippen LogP contribution in [0, 0.1) is 5.92 Å². The zero-order valence-electron chi connectivity index (χ0n) is 13.5. The van der Waals surface area contributed by atoms with E-state index in [1.165, 1.54) is 83.8 Å². The van der Waals surface area contributed by atoms with Crippen LogP contribution >= 0.6 is 0 Å². The normalized spacial score (nSPS) is 36.6. The average Bonchev–Trinajstić information content (AvgIpc) is 3.02. The van der Waals surface area contributed by atoms with Gasteiger partial charge in [0.1, 0.15) is 0 Å². The minimum atomic E-state index is 0.516. The molecule has 2 saturated heterocycles. The summed E-state index contributed by atoms with van der Waals surface area (Å²) in [6.45, 7) is 4.89. The lowest BCUT2D eigenvalue weighted by Crippen LogP contribution is -2.64. The van der Waals surface area contributed by atoms with E-state index in [1.807, 2.05) is 0 Å². The molecule has 2 aliphatic heterocycles. The van der Waals surface area contributed by atoms with Crippen molar-refractivity contribution in [2.24, 2.45) is 5.92 Å². The van der Waals surface area contributed by atoms with Crippen LogP contribution in [0.25, 0.3) is 0 Å². The molecule has 1 spiro atoms. The Morgan fingerprint density at radius 2 is 1.95 bits per heavy atom. The summed E-state index contributed by atoms with van der Waals surface area (Å²) in [6, 6.07) is 0.791. The maximum atomic E-state index is 5.80. The first kappa shape index (κ1) is 14.5. The third-order valence-corrected chi connectivity index (χ3v) is 6.48. The van der Waals surface area contributed by atoms with Crippen molar-refractivity contribution in [1.29, 1.82) is 0 Å². The smallest absolute Gasteiger partial charge is 0.0576 e. The van der Waals surface area contributed by atoms with Crippen LogP contribution in [0.4, 0.5) is 0 Å². The lowest BCUT2D eigenvalue weighted by atomic mass is 9.89. The Kier molecular flexibility index (Phi) is 4.25. The number of piperazine rings is 1. The number of nitrogens with one attached hydrogen (secondary N) is 1. The van der Waals surface area contributed by atoms with Gasteiger partial charge in [0.15, 0.2) is 0 Å². The Morgan fingerprint density at radius 1 is 1.10 bits per heavy atom. The second-order valence-corrected chi connectivity index (χ2v) is 7.98. The fourth-order valence-electron chi connectivity index (χ4n) is 4.98. The van der Waals surface area contributed by atoms with E-state index in [2.05, 4.69) is 10.2 Å². The van der Waals surface area contributed by atoms with Crippen LogP contribution in [-0.4, -0.2) is 48.8 Å². The molecule has 0 aromatic heterocycles. The Morgan fingerprint density at radius 3 is 2.67 bits per heavy atom. The first-order valence-electron chi connectivity index (χ1n) is 9.46. The zero-order valence-corrected chi connectivity index (χ0v) is 13.5. The molecule has 2 atom stereocenters. The lowest BCUT2D eigenvalue weighted by Gasteiger charge is -2.49. The van der Waals surface area contributed by atoms with Gasteiger partial charge in [0, 0.05) is 31.3 Å². The highest BCUT2D eigenvalue weighted by Gasteiger charge is 2.46. The van der Waals surface area contributed by atoms with Gasteiger partial charge in [-0.05, 0) is 63.8 Å². The fraction of sp³-hybridized carbons (Fsp3) is 1.00. The summed E-state index contributed by atoms with van der Waals surface area (Å²) < 4.78 is 5.80. The molecule has 4 fully saturated rings. The number of hydrogen-bond acceptors (Lipinski definition) is 3. The second kappa shape index (κ2) is 6.17. The van der Waals surface area contributed by atoms with Crippen molar-refractivity contribution >= 4 is 0 Å². The molecule has 2 heterocycles. The van der Waals surface area contributed by atoms with Crippen molar-refractivity contribution in [1.82, 2.24) is 10.2 Å². The molecule has 1 N–H and O–H groups in total. The molecule has 3 heteroatoms. The summed E-state index contributed by atoms with van der Waals surface area (Å²) in [5.74, 6) is 0.990. The molecule has 4 rings (SSSR count). The molecule has 2 saturated carbocycles. The van der Waals surface area contributed by atoms with Crippen LogP contribution in [0.15, 0.2) is 0 Å². The Bertz CT molecular complexity index is 343. The molecular formula is C18H32N2O. The lowest BCUT2D eigenvalue weighted by molar-refractivity contribution is 0.0311. The first-order chi connectivity index (χ1) is 10.4. The van der Waals surface area contributed by atoms with Crippen LogP contribution in [0.5, 0.6) is 0 Å². The molecule has 3 nitrogen and oxygen atoms in total. The molecule has 2 unspecified atom stereocenters. The van der Waals surface area contributed by atoms with E-state index in [1.54, 1.807) is 0 Å². The SMILES string of the molecule is C1COC(CCCN2CC(C3CC3)NCC23CCCC3)C1. The highest BCUT2D eigenvalue weighted by molar-refractivity contribution is 5.04. The first-order valence-corrected chi connectivity index (χ1v) is 9.46. The van der Waals surface area contributed by atoms with Crippen molar-refractivity contribution in [2.45, 2.75) is 81.9 Å². The molecule has 0 aromatic carbocycles. The molecular weight excluding hydrogens is 260 g/mol. The van der Waals surface area contributed by atoms with Crippen LogP contribution in [0.3, 0.4) is 0 Å². The Hall–Kier alpha value is -0.120. The topological polar surface area (TPSA) is 24.5 Å². The van der Waals surface area contributed by atoms with Gasteiger partial charge in [-0.25, -0.2) is 0 Å². The van der Waals surface area contributed by atoms with Gasteiger partial charge in [0.05, 0.1) is 6.10 Å². The number of rotatable bonds is 5. The van der Waals surface area contributed by atoms with Gasteiger partial charge in [0.2, 0.25) is 0 Å². The maximum Gasteiger partial charge on any atom is 0.0576 e. The van der Waals surface area contributed by atoms with Crippen LogP contribution in [0.2, 0.25) is 0 Å². The quantitative estimate of drug-likeness (QED) is 0.843. The van der Waals surface area contributed by atoms with Gasteiger partial charge >= 0.3 is 0 Å². The van der Waals surface area contributed by atoms with Gasteiger partial charge in [0.25, 0.3) is 0 Å². The summed E-state index contributed by atoms with van der Waals surface area (Å²) in [4.78, 5) is 2.90. The van der Waals surface area contributed by atoms with Crippen molar-refractivity contribution in [2.75, 3.05) is 26.2 Å². The number of nitrogens with zero attached hydrogens (tertiary/aromatic N) is 1. The van der Waals surface area contributed by atoms with Crippen molar-refractivity contribution in [3.8, 4) is 0 Å². The van der Waals surface area contributed by atoms with Gasteiger partial charge < -0.3 is 10.1 Å². The summed E-state index contributed by atoms with van der Waals surface area (Å²) in [7, 11) is 0.